The number of nitrogens with one attached hydrogen (secondary N) is 1. The number of halogens is 4. The number of nitrogens with zero attached hydrogens (tertiary/aromatic N) is 1. The summed E-state index contributed by atoms with van der Waals surface area (Å²) in [6.07, 6.45) is -4.46. The number of hydrogen-bond acceptors (Lipinski definition) is 3. The summed E-state index contributed by atoms with van der Waals surface area (Å²) in [5.41, 5.74) is 0.0371. The fourth-order valence-corrected chi connectivity index (χ4v) is 2.75. The van der Waals surface area contributed by atoms with Gasteiger partial charge in [-0.25, -0.2) is 0 Å². The van der Waals surface area contributed by atoms with Crippen LogP contribution >= 0.6 is 11.6 Å². The van der Waals surface area contributed by atoms with E-state index in [-0.39, 0.29) is 24.9 Å². The molecule has 4 nitrogen and oxygen atoms in total. The molecular formula is C19H20ClF3N2O2. The predicted molar refractivity (Wildman–Crippen MR) is 97.8 cm³/mol. The van der Waals surface area contributed by atoms with Crippen molar-refractivity contribution in [3.63, 3.8) is 0 Å². The lowest BCUT2D eigenvalue weighted by atomic mass is 10.1. The van der Waals surface area contributed by atoms with Crippen LogP contribution in [0.25, 0.3) is 0 Å². The molecule has 0 saturated carbocycles. The van der Waals surface area contributed by atoms with Crippen LogP contribution < -0.4 is 10.1 Å². The number of hydrogen-bond donors (Lipinski definition) is 1. The quantitative estimate of drug-likeness (QED) is 0.759. The number of alkyl halides is 3. The van der Waals surface area contributed by atoms with E-state index in [0.29, 0.717) is 5.02 Å². The fourth-order valence-electron chi connectivity index (χ4n) is 2.49. The number of rotatable bonds is 7. The van der Waals surface area contributed by atoms with Gasteiger partial charge in [-0.2, -0.15) is 13.2 Å². The molecule has 0 radical (unpaired) electrons. The topological polar surface area (TPSA) is 41.6 Å². The Morgan fingerprint density at radius 2 is 1.89 bits per heavy atom. The summed E-state index contributed by atoms with van der Waals surface area (Å²) in [6.45, 7) is -0.106. The summed E-state index contributed by atoms with van der Waals surface area (Å²) < 4.78 is 43.3. The summed E-state index contributed by atoms with van der Waals surface area (Å²) in [6, 6.07) is 11.6. The molecular weight excluding hydrogens is 381 g/mol. The summed E-state index contributed by atoms with van der Waals surface area (Å²) >= 11 is 6.22. The molecule has 0 saturated heterocycles. The van der Waals surface area contributed by atoms with Crippen LogP contribution in [0.1, 0.15) is 17.2 Å². The molecule has 0 fully saturated rings. The zero-order chi connectivity index (χ0) is 20.0. The van der Waals surface area contributed by atoms with Gasteiger partial charge in [0.15, 0.2) is 6.61 Å². The Morgan fingerprint density at radius 1 is 1.19 bits per heavy atom. The van der Waals surface area contributed by atoms with Gasteiger partial charge in [-0.1, -0.05) is 35.9 Å². The highest BCUT2D eigenvalue weighted by molar-refractivity contribution is 6.31. The smallest absolute Gasteiger partial charge is 0.416 e. The molecule has 0 aromatic heterocycles. The zero-order valence-electron chi connectivity index (χ0n) is 14.9. The van der Waals surface area contributed by atoms with Gasteiger partial charge in [-0.3, -0.25) is 4.79 Å². The molecule has 27 heavy (non-hydrogen) atoms. The lowest BCUT2D eigenvalue weighted by Crippen LogP contribution is -2.37. The third-order valence-electron chi connectivity index (χ3n) is 3.91. The van der Waals surface area contributed by atoms with Gasteiger partial charge in [0.25, 0.3) is 5.91 Å². The van der Waals surface area contributed by atoms with E-state index in [1.807, 2.05) is 37.2 Å². The number of carbonyl (C=O) groups is 1. The molecule has 1 unspecified atom stereocenters. The molecule has 2 aromatic carbocycles. The lowest BCUT2D eigenvalue weighted by molar-refractivity contribution is -0.137. The maximum atomic E-state index is 12.7. The molecule has 0 heterocycles. The van der Waals surface area contributed by atoms with Gasteiger partial charge in [0.1, 0.15) is 5.75 Å². The van der Waals surface area contributed by atoms with Crippen molar-refractivity contribution in [2.75, 3.05) is 27.2 Å². The second-order valence-corrected chi connectivity index (χ2v) is 6.53. The molecule has 1 amide bonds. The van der Waals surface area contributed by atoms with E-state index in [1.54, 1.807) is 6.07 Å². The van der Waals surface area contributed by atoms with Crippen LogP contribution in [-0.4, -0.2) is 38.1 Å². The largest absolute Gasteiger partial charge is 0.484 e. The molecule has 0 aliphatic carbocycles. The van der Waals surface area contributed by atoms with Crippen LogP contribution in [0.3, 0.4) is 0 Å². The SMILES string of the molecule is CN(C)C(CNC(=O)COc1cccc(C(F)(F)F)c1)c1ccccc1Cl. The van der Waals surface area contributed by atoms with Gasteiger partial charge in [-0.05, 0) is 43.9 Å². The highest BCUT2D eigenvalue weighted by Gasteiger charge is 2.30. The van der Waals surface area contributed by atoms with Gasteiger partial charge in [-0.15, -0.1) is 0 Å². The number of carbonyl (C=O) groups excluding carboxylic acids is 1. The molecule has 2 aromatic rings. The Balaban J connectivity index is 1.93. The van der Waals surface area contributed by atoms with E-state index < -0.39 is 17.6 Å². The van der Waals surface area contributed by atoms with Gasteiger partial charge in [0.05, 0.1) is 11.6 Å². The number of benzene rings is 2. The third-order valence-corrected chi connectivity index (χ3v) is 4.26. The van der Waals surface area contributed by atoms with Gasteiger partial charge in [0, 0.05) is 11.6 Å². The van der Waals surface area contributed by atoms with E-state index in [1.165, 1.54) is 12.1 Å². The maximum Gasteiger partial charge on any atom is 0.416 e. The second kappa shape index (κ2) is 9.10. The summed E-state index contributed by atoms with van der Waals surface area (Å²) in [5, 5.41) is 3.31. The molecule has 0 aliphatic rings. The monoisotopic (exact) mass is 400 g/mol. The van der Waals surface area contributed by atoms with Crippen LogP contribution in [-0.2, 0) is 11.0 Å². The molecule has 0 bridgehead atoms. The number of ether oxygens (including phenoxy) is 1. The van der Waals surface area contributed by atoms with Crippen molar-refractivity contribution >= 4 is 17.5 Å². The predicted octanol–water partition coefficient (Wildman–Crippen LogP) is 4.16. The Morgan fingerprint density at radius 3 is 2.52 bits per heavy atom. The Labute approximate surface area is 160 Å². The molecule has 0 spiro atoms. The number of likely N-dealkylation sites (N-methyl/N-ethyl adjacent to an activating group) is 1. The minimum absolute atomic E-state index is 0.0183. The minimum Gasteiger partial charge on any atom is -0.484 e. The average Bonchev–Trinajstić information content (AvgIpc) is 2.61. The van der Waals surface area contributed by atoms with Gasteiger partial charge >= 0.3 is 6.18 Å². The van der Waals surface area contributed by atoms with Crippen molar-refractivity contribution in [2.24, 2.45) is 0 Å². The first kappa shape index (κ1) is 21.1. The molecule has 2 rings (SSSR count). The summed E-state index contributed by atoms with van der Waals surface area (Å²) in [4.78, 5) is 13.9. The van der Waals surface area contributed by atoms with Crippen molar-refractivity contribution in [1.82, 2.24) is 10.2 Å². The van der Waals surface area contributed by atoms with Crippen LogP contribution in [0.2, 0.25) is 5.02 Å². The molecule has 0 aliphatic heterocycles. The highest BCUT2D eigenvalue weighted by atomic mass is 35.5. The molecule has 146 valence electrons. The first-order chi connectivity index (χ1) is 12.7. The van der Waals surface area contributed by atoms with Crippen molar-refractivity contribution in [2.45, 2.75) is 12.2 Å². The van der Waals surface area contributed by atoms with Crippen molar-refractivity contribution < 1.29 is 22.7 Å². The van der Waals surface area contributed by atoms with E-state index in [9.17, 15) is 18.0 Å². The second-order valence-electron chi connectivity index (χ2n) is 6.12. The summed E-state index contributed by atoms with van der Waals surface area (Å²) in [7, 11) is 3.72. The molecule has 8 heteroatoms. The van der Waals surface area contributed by atoms with Crippen LogP contribution in [0.4, 0.5) is 13.2 Å². The number of amides is 1. The van der Waals surface area contributed by atoms with Crippen LogP contribution in [0, 0.1) is 0 Å². The molecule has 1 N–H and O–H groups in total. The van der Waals surface area contributed by atoms with Crippen molar-refractivity contribution in [3.05, 3.63) is 64.7 Å². The highest BCUT2D eigenvalue weighted by Crippen LogP contribution is 2.31. The van der Waals surface area contributed by atoms with E-state index in [4.69, 9.17) is 16.3 Å². The first-order valence-corrected chi connectivity index (χ1v) is 8.54. The summed E-state index contributed by atoms with van der Waals surface area (Å²) in [5.74, 6) is -0.457. The average molecular weight is 401 g/mol. The van der Waals surface area contributed by atoms with Crippen molar-refractivity contribution in [1.29, 1.82) is 0 Å². The third kappa shape index (κ3) is 6.15. The standard InChI is InChI=1S/C19H20ClF3N2O2/c1-25(2)17(15-8-3-4-9-16(15)20)11-24-18(26)12-27-14-7-5-6-13(10-14)19(21,22)23/h3-10,17H,11-12H2,1-2H3,(H,24,26). The first-order valence-electron chi connectivity index (χ1n) is 8.16. The Bertz CT molecular complexity index is 782. The van der Waals surface area contributed by atoms with Crippen LogP contribution in [0.5, 0.6) is 5.75 Å². The van der Waals surface area contributed by atoms with E-state index in [0.717, 1.165) is 17.7 Å². The lowest BCUT2D eigenvalue weighted by Gasteiger charge is -2.26. The van der Waals surface area contributed by atoms with Crippen LogP contribution in [0.15, 0.2) is 48.5 Å². The van der Waals surface area contributed by atoms with Gasteiger partial charge in [0.2, 0.25) is 0 Å². The normalized spacial score (nSPS) is 12.7. The van der Waals surface area contributed by atoms with Crippen molar-refractivity contribution in [3.8, 4) is 5.75 Å². The Hall–Kier alpha value is -2.25. The van der Waals surface area contributed by atoms with Gasteiger partial charge < -0.3 is 15.0 Å². The van der Waals surface area contributed by atoms with E-state index >= 15 is 0 Å². The van der Waals surface area contributed by atoms with E-state index in [2.05, 4.69) is 5.32 Å². The maximum absolute atomic E-state index is 12.7. The zero-order valence-corrected chi connectivity index (χ0v) is 15.6. The molecule has 1 atom stereocenters. The fraction of sp³-hybridized carbons (Fsp3) is 0.316. The minimum atomic E-state index is -4.46. The Kier molecular flexibility index (Phi) is 7.10.